The molecule has 0 radical (unpaired) electrons. The van der Waals surface area contributed by atoms with Crippen molar-refractivity contribution in [3.05, 3.63) is 0 Å². The van der Waals surface area contributed by atoms with Crippen molar-refractivity contribution in [2.24, 2.45) is 0 Å². The lowest BCUT2D eigenvalue weighted by molar-refractivity contribution is -0.923. The van der Waals surface area contributed by atoms with Crippen molar-refractivity contribution >= 4 is 7.60 Å². The number of nitrogens with zero attached hydrogens (tertiary/aromatic N) is 2. The molecule has 0 bridgehead atoms. The average Bonchev–Trinajstić information content (AvgIpc) is 2.42. The molecule has 5 nitrogen and oxygen atoms in total. The van der Waals surface area contributed by atoms with Crippen LogP contribution in [0.3, 0.4) is 0 Å². The van der Waals surface area contributed by atoms with E-state index in [0.29, 0.717) is 13.2 Å². The minimum absolute atomic E-state index is 0.105. The summed E-state index contributed by atoms with van der Waals surface area (Å²) >= 11 is 0. The molecule has 0 aliphatic heterocycles. The molecule has 0 aromatic rings. The molecule has 0 aromatic carbocycles. The van der Waals surface area contributed by atoms with Gasteiger partial charge in [-0.15, -0.1) is 0 Å². The average molecular weight is 338 g/mol. The molecule has 134 valence electrons. The Morgan fingerprint density at radius 3 is 1.59 bits per heavy atom. The first kappa shape index (κ1) is 22.1. The van der Waals surface area contributed by atoms with Crippen molar-refractivity contribution in [2.45, 2.75) is 40.3 Å². The topological polar surface area (TPSA) is 35.5 Å². The van der Waals surface area contributed by atoms with Gasteiger partial charge in [-0.25, -0.2) is 0 Å². The molecule has 0 saturated carbocycles. The van der Waals surface area contributed by atoms with Crippen LogP contribution in [-0.2, 0) is 13.6 Å². The fourth-order valence-electron chi connectivity index (χ4n) is 2.28. The van der Waals surface area contributed by atoms with Crippen LogP contribution < -0.4 is 0 Å². The van der Waals surface area contributed by atoms with Crippen LogP contribution >= 0.6 is 7.60 Å². The maximum absolute atomic E-state index is 12.9. The van der Waals surface area contributed by atoms with E-state index < -0.39 is 7.60 Å². The predicted octanol–water partition coefficient (Wildman–Crippen LogP) is 3.20. The first-order chi connectivity index (χ1) is 10.0. The van der Waals surface area contributed by atoms with Gasteiger partial charge >= 0.3 is 7.60 Å². The highest BCUT2D eigenvalue weighted by atomic mass is 31.2. The van der Waals surface area contributed by atoms with Gasteiger partial charge in [0.2, 0.25) is 0 Å². The van der Waals surface area contributed by atoms with E-state index in [1.165, 1.54) is 0 Å². The van der Waals surface area contributed by atoms with Gasteiger partial charge in [-0.2, -0.15) is 0 Å². The Bertz CT molecular complexity index is 342. The molecule has 0 unspecified atom stereocenters. The van der Waals surface area contributed by atoms with Crippen LogP contribution in [0.1, 0.15) is 34.6 Å². The SMILES string of the molecule is CC[N+](CC)(CC)CCO[P@@](=O)(OCC[N+](C)(C)C)C(C)C. The minimum Gasteiger partial charge on any atom is -0.329 e. The summed E-state index contributed by atoms with van der Waals surface area (Å²) in [6, 6.07) is 0. The lowest BCUT2D eigenvalue weighted by Crippen LogP contribution is -2.49. The Labute approximate surface area is 138 Å². The molecule has 0 aromatic heterocycles. The van der Waals surface area contributed by atoms with Crippen molar-refractivity contribution in [3.63, 3.8) is 0 Å². The van der Waals surface area contributed by atoms with E-state index >= 15 is 0 Å². The van der Waals surface area contributed by atoms with Gasteiger partial charge in [0.15, 0.2) is 0 Å². The maximum atomic E-state index is 12.9. The molecule has 0 aliphatic rings. The van der Waals surface area contributed by atoms with E-state index in [2.05, 4.69) is 41.9 Å². The van der Waals surface area contributed by atoms with Gasteiger partial charge < -0.3 is 18.0 Å². The van der Waals surface area contributed by atoms with Crippen LogP contribution in [0, 0.1) is 0 Å². The molecule has 0 N–H and O–H groups in total. The highest BCUT2D eigenvalue weighted by Gasteiger charge is 2.31. The molecule has 1 atom stereocenters. The fraction of sp³-hybridized carbons (Fsp3) is 1.00. The Kier molecular flexibility index (Phi) is 9.42. The molecule has 0 rings (SSSR count). The summed E-state index contributed by atoms with van der Waals surface area (Å²) in [6.45, 7) is 16.3. The second-order valence-electron chi connectivity index (χ2n) is 7.33. The van der Waals surface area contributed by atoms with Gasteiger partial charge in [0.1, 0.15) is 26.3 Å². The van der Waals surface area contributed by atoms with Crippen molar-refractivity contribution in [3.8, 4) is 0 Å². The van der Waals surface area contributed by atoms with Crippen molar-refractivity contribution < 1.29 is 22.6 Å². The monoisotopic (exact) mass is 338 g/mol. The molecule has 0 saturated heterocycles. The maximum Gasteiger partial charge on any atom is 0.333 e. The van der Waals surface area contributed by atoms with E-state index in [0.717, 1.165) is 41.7 Å². The minimum atomic E-state index is -3.01. The second kappa shape index (κ2) is 9.39. The first-order valence-corrected chi connectivity index (χ1v) is 10.2. The number of rotatable bonds is 12. The number of hydrogen-bond donors (Lipinski definition) is 0. The highest BCUT2D eigenvalue weighted by molar-refractivity contribution is 7.54. The van der Waals surface area contributed by atoms with Crippen LogP contribution in [0.2, 0.25) is 0 Å². The summed E-state index contributed by atoms with van der Waals surface area (Å²) in [6.07, 6.45) is 0. The van der Waals surface area contributed by atoms with Gasteiger partial charge in [-0.3, -0.25) is 4.57 Å². The normalized spacial score (nSPS) is 16.0. The molecule has 0 heterocycles. The standard InChI is InChI=1S/C16H39N2O3P/c1-9-18(10-2,11-3)13-15-21-22(19,16(4)5)20-14-12-17(6,7)8/h16H,9-15H2,1-8H3/q+2/t22-/m0/s1. The third-order valence-electron chi connectivity index (χ3n) is 4.52. The number of likely N-dealkylation sites (N-methyl/N-ethyl adjacent to an activating group) is 2. The van der Waals surface area contributed by atoms with E-state index in [1.54, 1.807) is 0 Å². The Balaban J connectivity index is 4.55. The molecule has 0 aliphatic carbocycles. The second-order valence-corrected chi connectivity index (χ2v) is 9.96. The molecule has 0 amide bonds. The van der Waals surface area contributed by atoms with E-state index in [9.17, 15) is 4.57 Å². The van der Waals surface area contributed by atoms with Crippen molar-refractivity contribution in [1.82, 2.24) is 0 Å². The summed E-state index contributed by atoms with van der Waals surface area (Å²) in [5.74, 6) is 0. The van der Waals surface area contributed by atoms with Gasteiger partial charge in [0.05, 0.1) is 46.4 Å². The lowest BCUT2D eigenvalue weighted by Gasteiger charge is -2.36. The van der Waals surface area contributed by atoms with Gasteiger partial charge in [-0.05, 0) is 20.8 Å². The quantitative estimate of drug-likeness (QED) is 0.405. The molecule has 6 heteroatoms. The van der Waals surface area contributed by atoms with Gasteiger partial charge in [0.25, 0.3) is 0 Å². The Morgan fingerprint density at radius 1 is 0.864 bits per heavy atom. The zero-order valence-electron chi connectivity index (χ0n) is 16.1. The van der Waals surface area contributed by atoms with Crippen LogP contribution in [0.5, 0.6) is 0 Å². The molecule has 0 spiro atoms. The van der Waals surface area contributed by atoms with Crippen LogP contribution in [0.4, 0.5) is 0 Å². The molecule has 0 fully saturated rings. The van der Waals surface area contributed by atoms with Crippen molar-refractivity contribution in [1.29, 1.82) is 0 Å². The van der Waals surface area contributed by atoms with Gasteiger partial charge in [-0.1, -0.05) is 13.8 Å². The summed E-state index contributed by atoms with van der Waals surface area (Å²) in [5.41, 5.74) is -0.105. The van der Waals surface area contributed by atoms with Crippen LogP contribution in [0.15, 0.2) is 0 Å². The first-order valence-electron chi connectivity index (χ1n) is 8.58. The number of quaternary nitrogens is 2. The van der Waals surface area contributed by atoms with E-state index in [4.69, 9.17) is 9.05 Å². The smallest absolute Gasteiger partial charge is 0.329 e. The Hall–Kier alpha value is 0.0700. The summed E-state index contributed by atoms with van der Waals surface area (Å²) in [5, 5.41) is 0. The zero-order valence-corrected chi connectivity index (χ0v) is 17.0. The fourth-order valence-corrected chi connectivity index (χ4v) is 3.63. The predicted molar refractivity (Wildman–Crippen MR) is 94.3 cm³/mol. The van der Waals surface area contributed by atoms with E-state index in [-0.39, 0.29) is 5.66 Å². The Morgan fingerprint density at radius 2 is 1.27 bits per heavy atom. The third-order valence-corrected chi connectivity index (χ3v) is 6.86. The third kappa shape index (κ3) is 7.56. The van der Waals surface area contributed by atoms with Gasteiger partial charge in [0, 0.05) is 0 Å². The molecule has 22 heavy (non-hydrogen) atoms. The van der Waals surface area contributed by atoms with Crippen LogP contribution in [-0.4, -0.2) is 81.7 Å². The summed E-state index contributed by atoms with van der Waals surface area (Å²) in [4.78, 5) is 0. The van der Waals surface area contributed by atoms with Crippen molar-refractivity contribution in [2.75, 3.05) is 67.1 Å². The molecular weight excluding hydrogens is 299 g/mol. The van der Waals surface area contributed by atoms with Crippen LogP contribution in [0.25, 0.3) is 0 Å². The largest absolute Gasteiger partial charge is 0.333 e. The summed E-state index contributed by atoms with van der Waals surface area (Å²) < 4.78 is 26.2. The lowest BCUT2D eigenvalue weighted by atomic mass is 10.3. The molecular formula is C16H39N2O3P+2. The van der Waals surface area contributed by atoms with E-state index in [1.807, 2.05) is 13.8 Å². The highest BCUT2D eigenvalue weighted by Crippen LogP contribution is 2.52. The zero-order chi connectivity index (χ0) is 17.4. The number of hydrogen-bond acceptors (Lipinski definition) is 3. The summed E-state index contributed by atoms with van der Waals surface area (Å²) in [7, 11) is 3.28.